The number of likely N-dealkylation sites (tertiary alicyclic amines) is 1. The second-order valence-corrected chi connectivity index (χ2v) is 4.98. The fourth-order valence-corrected chi connectivity index (χ4v) is 2.59. The van der Waals surface area contributed by atoms with Crippen LogP contribution in [0.25, 0.3) is 0 Å². The smallest absolute Gasteiger partial charge is 0.219 e. The second-order valence-electron chi connectivity index (χ2n) is 4.98. The molecule has 2 aromatic rings. The molecule has 3 rings (SSSR count). The normalized spacial score (nSPS) is 19.5. The van der Waals surface area contributed by atoms with Crippen LogP contribution >= 0.6 is 0 Å². The van der Waals surface area contributed by atoms with Crippen LogP contribution in [-0.4, -0.2) is 23.5 Å². The predicted octanol–water partition coefficient (Wildman–Crippen LogP) is 3.64. The minimum atomic E-state index is 0.512. The van der Waals surface area contributed by atoms with Crippen LogP contribution < -0.4 is 4.74 Å². The number of nitrogens with zero attached hydrogens (tertiary/aromatic N) is 2. The van der Waals surface area contributed by atoms with Crippen LogP contribution in [0.1, 0.15) is 24.4 Å². The number of ether oxygens (including phenoxy) is 1. The van der Waals surface area contributed by atoms with Crippen molar-refractivity contribution in [2.24, 2.45) is 0 Å². The topological polar surface area (TPSA) is 25.4 Å². The number of rotatable bonds is 3. The first kappa shape index (κ1) is 12.2. The van der Waals surface area contributed by atoms with Crippen molar-refractivity contribution in [3.05, 3.63) is 54.2 Å². The molecule has 3 nitrogen and oxygen atoms in total. The molecule has 1 atom stereocenters. The standard InChI is InChI=1S/C16H18N2O/c1-18-11-5-8-15(18)13-9-10-16(17-12-13)19-14-6-3-2-4-7-14/h2-4,6-7,9-10,12,15H,5,8,11H2,1H3/t15-/m1/s1. The fraction of sp³-hybridized carbons (Fsp3) is 0.312. The van der Waals surface area contributed by atoms with E-state index in [1.165, 1.54) is 24.9 Å². The van der Waals surface area contributed by atoms with Gasteiger partial charge in [-0.15, -0.1) is 0 Å². The highest BCUT2D eigenvalue weighted by Crippen LogP contribution is 2.30. The average Bonchev–Trinajstić information content (AvgIpc) is 2.87. The predicted molar refractivity (Wildman–Crippen MR) is 75.4 cm³/mol. The molecule has 98 valence electrons. The van der Waals surface area contributed by atoms with Gasteiger partial charge in [0.1, 0.15) is 5.75 Å². The summed E-state index contributed by atoms with van der Waals surface area (Å²) in [5.74, 6) is 1.47. The molecular formula is C16H18N2O. The first-order valence-electron chi connectivity index (χ1n) is 6.72. The average molecular weight is 254 g/mol. The van der Waals surface area contributed by atoms with E-state index in [0.29, 0.717) is 11.9 Å². The van der Waals surface area contributed by atoms with Gasteiger partial charge in [0.05, 0.1) is 0 Å². The molecule has 0 N–H and O–H groups in total. The number of benzene rings is 1. The summed E-state index contributed by atoms with van der Waals surface area (Å²) in [4.78, 5) is 6.79. The van der Waals surface area contributed by atoms with Crippen molar-refractivity contribution < 1.29 is 4.74 Å². The maximum Gasteiger partial charge on any atom is 0.219 e. The molecule has 0 radical (unpaired) electrons. The van der Waals surface area contributed by atoms with E-state index in [1.807, 2.05) is 42.6 Å². The van der Waals surface area contributed by atoms with Crippen LogP contribution in [0.3, 0.4) is 0 Å². The SMILES string of the molecule is CN1CCC[C@@H]1c1ccc(Oc2ccccc2)nc1. The summed E-state index contributed by atoms with van der Waals surface area (Å²) in [7, 11) is 2.17. The van der Waals surface area contributed by atoms with E-state index in [-0.39, 0.29) is 0 Å². The third kappa shape index (κ3) is 2.76. The van der Waals surface area contributed by atoms with Gasteiger partial charge in [0, 0.05) is 18.3 Å². The van der Waals surface area contributed by atoms with E-state index in [1.54, 1.807) is 0 Å². The summed E-state index contributed by atoms with van der Waals surface area (Å²) in [6.45, 7) is 1.17. The zero-order valence-electron chi connectivity index (χ0n) is 11.1. The maximum absolute atomic E-state index is 5.70. The van der Waals surface area contributed by atoms with Crippen molar-refractivity contribution in [1.29, 1.82) is 0 Å². The summed E-state index contributed by atoms with van der Waals surface area (Å²) < 4.78 is 5.70. The Labute approximate surface area is 113 Å². The van der Waals surface area contributed by atoms with Gasteiger partial charge in [0.15, 0.2) is 0 Å². The molecule has 0 saturated carbocycles. The minimum Gasteiger partial charge on any atom is -0.439 e. The van der Waals surface area contributed by atoms with Gasteiger partial charge in [-0.2, -0.15) is 0 Å². The van der Waals surface area contributed by atoms with E-state index >= 15 is 0 Å². The van der Waals surface area contributed by atoms with Crippen molar-refractivity contribution in [2.75, 3.05) is 13.6 Å². The Bertz CT molecular complexity index is 524. The summed E-state index contributed by atoms with van der Waals surface area (Å²) in [6.07, 6.45) is 4.42. The summed E-state index contributed by atoms with van der Waals surface area (Å²) in [5, 5.41) is 0. The van der Waals surface area contributed by atoms with Gasteiger partial charge < -0.3 is 4.74 Å². The number of pyridine rings is 1. The third-order valence-corrected chi connectivity index (χ3v) is 3.63. The van der Waals surface area contributed by atoms with Crippen LogP contribution in [0.15, 0.2) is 48.7 Å². The first-order chi connectivity index (χ1) is 9.33. The monoisotopic (exact) mass is 254 g/mol. The number of hydrogen-bond acceptors (Lipinski definition) is 3. The molecular weight excluding hydrogens is 236 g/mol. The van der Waals surface area contributed by atoms with Crippen LogP contribution in [0.5, 0.6) is 11.6 Å². The summed E-state index contributed by atoms with van der Waals surface area (Å²) in [6, 6.07) is 14.3. The molecule has 19 heavy (non-hydrogen) atoms. The summed E-state index contributed by atoms with van der Waals surface area (Å²) in [5.41, 5.74) is 1.28. The lowest BCUT2D eigenvalue weighted by Gasteiger charge is -2.19. The molecule has 2 heterocycles. The number of aromatic nitrogens is 1. The first-order valence-corrected chi connectivity index (χ1v) is 6.72. The Hall–Kier alpha value is -1.87. The Balaban J connectivity index is 1.72. The van der Waals surface area contributed by atoms with Crippen LogP contribution in [0.4, 0.5) is 0 Å². The highest BCUT2D eigenvalue weighted by atomic mass is 16.5. The molecule has 1 fully saturated rings. The van der Waals surface area contributed by atoms with E-state index in [4.69, 9.17) is 4.74 Å². The highest BCUT2D eigenvalue weighted by Gasteiger charge is 2.22. The Morgan fingerprint density at radius 3 is 2.63 bits per heavy atom. The van der Waals surface area contributed by atoms with Gasteiger partial charge in [-0.3, -0.25) is 4.90 Å². The molecule has 0 unspecified atom stereocenters. The van der Waals surface area contributed by atoms with Crippen molar-refractivity contribution >= 4 is 0 Å². The third-order valence-electron chi connectivity index (χ3n) is 3.63. The van der Waals surface area contributed by atoms with Crippen molar-refractivity contribution in [2.45, 2.75) is 18.9 Å². The molecule has 1 saturated heterocycles. The molecule has 0 spiro atoms. The van der Waals surface area contributed by atoms with Gasteiger partial charge in [0.25, 0.3) is 0 Å². The van der Waals surface area contributed by atoms with E-state index in [9.17, 15) is 0 Å². The number of hydrogen-bond donors (Lipinski definition) is 0. The molecule has 0 amide bonds. The number of para-hydroxylation sites is 1. The zero-order chi connectivity index (χ0) is 13.1. The zero-order valence-corrected chi connectivity index (χ0v) is 11.1. The maximum atomic E-state index is 5.70. The summed E-state index contributed by atoms with van der Waals surface area (Å²) >= 11 is 0. The van der Waals surface area contributed by atoms with Gasteiger partial charge in [0.2, 0.25) is 5.88 Å². The van der Waals surface area contributed by atoms with Crippen molar-refractivity contribution in [3.63, 3.8) is 0 Å². The second kappa shape index (κ2) is 5.41. The van der Waals surface area contributed by atoms with E-state index in [0.717, 1.165) is 5.75 Å². The lowest BCUT2D eigenvalue weighted by Crippen LogP contribution is -2.17. The fourth-order valence-electron chi connectivity index (χ4n) is 2.59. The van der Waals surface area contributed by atoms with E-state index < -0.39 is 0 Å². The van der Waals surface area contributed by atoms with Gasteiger partial charge in [-0.05, 0) is 44.1 Å². The Morgan fingerprint density at radius 2 is 2.00 bits per heavy atom. The largest absolute Gasteiger partial charge is 0.439 e. The minimum absolute atomic E-state index is 0.512. The molecule has 0 bridgehead atoms. The van der Waals surface area contributed by atoms with E-state index in [2.05, 4.69) is 23.0 Å². The molecule has 3 heteroatoms. The molecule has 1 aliphatic rings. The lowest BCUT2D eigenvalue weighted by atomic mass is 10.1. The van der Waals surface area contributed by atoms with Crippen LogP contribution in [0.2, 0.25) is 0 Å². The Kier molecular flexibility index (Phi) is 3.47. The van der Waals surface area contributed by atoms with Crippen molar-refractivity contribution in [3.8, 4) is 11.6 Å². The highest BCUT2D eigenvalue weighted by molar-refractivity contribution is 5.28. The molecule has 0 aliphatic carbocycles. The van der Waals surface area contributed by atoms with Gasteiger partial charge in [-0.1, -0.05) is 24.3 Å². The van der Waals surface area contributed by atoms with Gasteiger partial charge >= 0.3 is 0 Å². The van der Waals surface area contributed by atoms with Crippen LogP contribution in [0, 0.1) is 0 Å². The molecule has 1 aromatic carbocycles. The quantitative estimate of drug-likeness (QED) is 0.836. The lowest BCUT2D eigenvalue weighted by molar-refractivity contribution is 0.316. The van der Waals surface area contributed by atoms with Crippen LogP contribution in [-0.2, 0) is 0 Å². The Morgan fingerprint density at radius 1 is 1.16 bits per heavy atom. The molecule has 1 aromatic heterocycles. The van der Waals surface area contributed by atoms with Gasteiger partial charge in [-0.25, -0.2) is 4.98 Å². The van der Waals surface area contributed by atoms with Crippen molar-refractivity contribution in [1.82, 2.24) is 9.88 Å². The molecule has 1 aliphatic heterocycles.